The number of guanidine groups is 1. The summed E-state index contributed by atoms with van der Waals surface area (Å²) >= 11 is 0. The molecule has 1 aliphatic rings. The van der Waals surface area contributed by atoms with Gasteiger partial charge in [-0.05, 0) is 35.4 Å². The monoisotopic (exact) mass is 544 g/mol. The summed E-state index contributed by atoms with van der Waals surface area (Å²) in [5, 5.41) is 6.49. The smallest absolute Gasteiger partial charge is 0.191 e. The molecule has 2 aromatic rings. The average molecular weight is 544 g/mol. The van der Waals surface area contributed by atoms with E-state index >= 15 is 0 Å². The second kappa shape index (κ2) is 11.6. The van der Waals surface area contributed by atoms with Gasteiger partial charge in [-0.2, -0.15) is 0 Å². The summed E-state index contributed by atoms with van der Waals surface area (Å²) in [7, 11) is 1.69. The summed E-state index contributed by atoms with van der Waals surface area (Å²) in [5.74, 6) is 0.133. The molecular weight excluding hydrogens is 513 g/mol. The summed E-state index contributed by atoms with van der Waals surface area (Å²) in [6, 6.07) is 11.9. The molecule has 0 bridgehead atoms. The summed E-state index contributed by atoms with van der Waals surface area (Å²) < 4.78 is 33.5. The molecule has 1 fully saturated rings. The number of aliphatic imine (C=N–C) groups is 1. The van der Waals surface area contributed by atoms with Crippen LogP contribution in [0.3, 0.4) is 0 Å². The third-order valence-electron chi connectivity index (χ3n) is 5.35. The van der Waals surface area contributed by atoms with Crippen LogP contribution in [0.5, 0.6) is 0 Å². The Hall–Kier alpha value is -1.94. The molecule has 170 valence electrons. The van der Waals surface area contributed by atoms with Crippen LogP contribution in [-0.2, 0) is 16.7 Å². The second-order valence-corrected chi connectivity index (χ2v) is 8.06. The highest BCUT2D eigenvalue weighted by Crippen LogP contribution is 2.23. The lowest BCUT2D eigenvalue weighted by atomic mass is 9.84. The number of rotatable bonds is 6. The highest BCUT2D eigenvalue weighted by Gasteiger charge is 2.21. The van der Waals surface area contributed by atoms with Crippen molar-refractivity contribution in [2.24, 2.45) is 4.99 Å². The summed E-state index contributed by atoms with van der Waals surface area (Å²) in [5.41, 5.74) is 2.07. The van der Waals surface area contributed by atoms with Crippen molar-refractivity contribution in [3.05, 3.63) is 65.2 Å². The topological polar surface area (TPSA) is 48.9 Å². The zero-order chi connectivity index (χ0) is 21.6. The molecule has 5 nitrogen and oxygen atoms in total. The summed E-state index contributed by atoms with van der Waals surface area (Å²) in [4.78, 5) is 6.24. The van der Waals surface area contributed by atoms with Crippen LogP contribution in [0.4, 0.5) is 14.5 Å². The number of nitrogens with one attached hydrogen (secondary N) is 2. The van der Waals surface area contributed by atoms with Crippen molar-refractivity contribution in [2.75, 3.05) is 44.8 Å². The molecule has 0 aromatic heterocycles. The van der Waals surface area contributed by atoms with Gasteiger partial charge in [0, 0.05) is 38.6 Å². The minimum Gasteiger partial charge on any atom is -0.378 e. The molecular formula is C23H31F2IN4O. The first-order valence-corrected chi connectivity index (χ1v) is 10.2. The van der Waals surface area contributed by atoms with E-state index < -0.39 is 0 Å². The summed E-state index contributed by atoms with van der Waals surface area (Å²) in [6.07, 6.45) is 0. The van der Waals surface area contributed by atoms with Crippen LogP contribution < -0.4 is 15.5 Å². The van der Waals surface area contributed by atoms with E-state index in [9.17, 15) is 8.78 Å². The molecule has 0 radical (unpaired) electrons. The molecule has 2 aromatic carbocycles. The van der Waals surface area contributed by atoms with Gasteiger partial charge in [-0.15, -0.1) is 24.0 Å². The van der Waals surface area contributed by atoms with E-state index in [0.717, 1.165) is 11.1 Å². The van der Waals surface area contributed by atoms with Crippen LogP contribution in [0.15, 0.2) is 47.5 Å². The van der Waals surface area contributed by atoms with Gasteiger partial charge in [0.2, 0.25) is 0 Å². The summed E-state index contributed by atoms with van der Waals surface area (Å²) in [6.45, 7) is 7.75. The number of hydrogen-bond donors (Lipinski definition) is 2. The van der Waals surface area contributed by atoms with Gasteiger partial charge < -0.3 is 20.3 Å². The largest absolute Gasteiger partial charge is 0.378 e. The zero-order valence-electron chi connectivity index (χ0n) is 18.3. The zero-order valence-corrected chi connectivity index (χ0v) is 20.6. The minimum absolute atomic E-state index is 0. The van der Waals surface area contributed by atoms with Crippen LogP contribution >= 0.6 is 24.0 Å². The van der Waals surface area contributed by atoms with Crippen molar-refractivity contribution in [1.82, 2.24) is 10.6 Å². The second-order valence-electron chi connectivity index (χ2n) is 8.06. The molecule has 8 heteroatoms. The Labute approximate surface area is 200 Å². The average Bonchev–Trinajstić information content (AvgIpc) is 2.74. The first-order chi connectivity index (χ1) is 14.4. The normalized spacial score (nSPS) is 14.7. The number of halogens is 3. The van der Waals surface area contributed by atoms with Gasteiger partial charge in [0.1, 0.15) is 11.6 Å². The first-order valence-electron chi connectivity index (χ1n) is 10.2. The Morgan fingerprint density at radius 1 is 1.10 bits per heavy atom. The highest BCUT2D eigenvalue weighted by molar-refractivity contribution is 14.0. The molecule has 0 spiro atoms. The van der Waals surface area contributed by atoms with Crippen LogP contribution in [-0.4, -0.2) is 45.9 Å². The first kappa shape index (κ1) is 25.3. The SMILES string of the molecule is CN=C(NCc1ccc(N2CCOCC2)c(F)c1)NCC(C)(C)c1cccc(F)c1.I. The van der Waals surface area contributed by atoms with Crippen LogP contribution in [0.25, 0.3) is 0 Å². The maximum Gasteiger partial charge on any atom is 0.191 e. The van der Waals surface area contributed by atoms with E-state index in [4.69, 9.17) is 4.74 Å². The van der Waals surface area contributed by atoms with Crippen LogP contribution in [0.1, 0.15) is 25.0 Å². The predicted octanol–water partition coefficient (Wildman–Crippen LogP) is 4.06. The number of ether oxygens (including phenoxy) is 1. The Kier molecular flexibility index (Phi) is 9.49. The van der Waals surface area contributed by atoms with Crippen molar-refractivity contribution >= 4 is 35.6 Å². The lowest BCUT2D eigenvalue weighted by Gasteiger charge is -2.29. The number of anilines is 1. The number of benzene rings is 2. The predicted molar refractivity (Wildman–Crippen MR) is 132 cm³/mol. The van der Waals surface area contributed by atoms with E-state index in [1.807, 2.05) is 36.9 Å². The Morgan fingerprint density at radius 2 is 1.84 bits per heavy atom. The van der Waals surface area contributed by atoms with E-state index in [1.165, 1.54) is 6.07 Å². The van der Waals surface area contributed by atoms with Gasteiger partial charge in [0.05, 0.1) is 18.9 Å². The molecule has 0 aliphatic carbocycles. The molecule has 0 amide bonds. The van der Waals surface area contributed by atoms with E-state index in [0.29, 0.717) is 51.0 Å². The molecule has 0 unspecified atom stereocenters. The molecule has 1 saturated heterocycles. The van der Waals surface area contributed by atoms with Gasteiger partial charge in [-0.1, -0.05) is 32.0 Å². The quantitative estimate of drug-likeness (QED) is 0.327. The molecule has 31 heavy (non-hydrogen) atoms. The van der Waals surface area contributed by atoms with Crippen molar-refractivity contribution in [2.45, 2.75) is 25.8 Å². The molecule has 0 saturated carbocycles. The molecule has 3 rings (SSSR count). The van der Waals surface area contributed by atoms with Crippen molar-refractivity contribution in [1.29, 1.82) is 0 Å². The molecule has 1 heterocycles. The van der Waals surface area contributed by atoms with Gasteiger partial charge in [0.25, 0.3) is 0 Å². The fraction of sp³-hybridized carbons (Fsp3) is 0.435. The Morgan fingerprint density at radius 3 is 2.48 bits per heavy atom. The number of hydrogen-bond acceptors (Lipinski definition) is 3. The molecule has 1 aliphatic heterocycles. The lowest BCUT2D eigenvalue weighted by Crippen LogP contribution is -2.43. The van der Waals surface area contributed by atoms with Gasteiger partial charge in [-0.3, -0.25) is 4.99 Å². The minimum atomic E-state index is -0.286. The van der Waals surface area contributed by atoms with Gasteiger partial charge >= 0.3 is 0 Å². The fourth-order valence-electron chi connectivity index (χ4n) is 3.44. The maximum absolute atomic E-state index is 14.6. The maximum atomic E-state index is 14.6. The third-order valence-corrected chi connectivity index (χ3v) is 5.35. The molecule has 0 atom stereocenters. The Bertz CT molecular complexity index is 886. The standard InChI is InChI=1S/C23H30F2N4O.HI/c1-23(2,18-5-4-6-19(24)14-18)16-28-22(26-3)27-15-17-7-8-21(20(25)13-17)29-9-11-30-12-10-29;/h4-8,13-14H,9-12,15-16H2,1-3H3,(H2,26,27,28);1H. The lowest BCUT2D eigenvalue weighted by molar-refractivity contribution is 0.122. The van der Waals surface area contributed by atoms with Crippen molar-refractivity contribution in [3.8, 4) is 0 Å². The van der Waals surface area contributed by atoms with E-state index in [1.54, 1.807) is 25.2 Å². The Balaban J connectivity index is 0.00000341. The third kappa shape index (κ3) is 7.03. The van der Waals surface area contributed by atoms with E-state index in [-0.39, 0.29) is 41.0 Å². The fourth-order valence-corrected chi connectivity index (χ4v) is 3.44. The van der Waals surface area contributed by atoms with Gasteiger partial charge in [-0.25, -0.2) is 8.78 Å². The number of morpholine rings is 1. The number of nitrogens with zero attached hydrogens (tertiary/aromatic N) is 2. The van der Waals surface area contributed by atoms with Crippen molar-refractivity contribution in [3.63, 3.8) is 0 Å². The van der Waals surface area contributed by atoms with Crippen LogP contribution in [0, 0.1) is 11.6 Å². The highest BCUT2D eigenvalue weighted by atomic mass is 127. The van der Waals surface area contributed by atoms with Gasteiger partial charge in [0.15, 0.2) is 5.96 Å². The van der Waals surface area contributed by atoms with Crippen LogP contribution in [0.2, 0.25) is 0 Å². The van der Waals surface area contributed by atoms with E-state index in [2.05, 4.69) is 15.6 Å². The molecule has 2 N–H and O–H groups in total. The van der Waals surface area contributed by atoms with Crippen molar-refractivity contribution < 1.29 is 13.5 Å².